The number of nitrogens with two attached hydrogens (primary N) is 1. The third kappa shape index (κ3) is 2.64. The molecule has 1 aliphatic carbocycles. The van der Waals surface area contributed by atoms with Gasteiger partial charge in [-0.2, -0.15) is 0 Å². The molecule has 0 aliphatic heterocycles. The number of likely N-dealkylation sites (N-methyl/N-ethyl adjacent to an activating group) is 1. The standard InChI is InChI=1S/C17H28N2O/c1-13-8-9-17(12-18,14(2)10-13)19(3)15-6-5-7-16(11-15)20-4/h5-7,11,13-14H,8-10,12,18H2,1-4H3. The van der Waals surface area contributed by atoms with Crippen molar-refractivity contribution in [1.82, 2.24) is 0 Å². The molecule has 20 heavy (non-hydrogen) atoms. The van der Waals surface area contributed by atoms with Crippen LogP contribution in [0.1, 0.15) is 33.1 Å². The molecule has 0 bridgehead atoms. The highest BCUT2D eigenvalue weighted by molar-refractivity contribution is 5.52. The van der Waals surface area contributed by atoms with Gasteiger partial charge in [-0.05, 0) is 43.2 Å². The first kappa shape index (κ1) is 15.2. The minimum atomic E-state index is 0.0683. The third-order valence-corrected chi connectivity index (χ3v) is 5.21. The van der Waals surface area contributed by atoms with Gasteiger partial charge in [0, 0.05) is 25.3 Å². The number of ether oxygens (including phenoxy) is 1. The van der Waals surface area contributed by atoms with Crippen molar-refractivity contribution < 1.29 is 4.74 Å². The minimum Gasteiger partial charge on any atom is -0.497 e. The van der Waals surface area contributed by atoms with Gasteiger partial charge in [-0.15, -0.1) is 0 Å². The smallest absolute Gasteiger partial charge is 0.120 e. The Morgan fingerprint density at radius 3 is 2.75 bits per heavy atom. The summed E-state index contributed by atoms with van der Waals surface area (Å²) in [6.07, 6.45) is 3.68. The summed E-state index contributed by atoms with van der Waals surface area (Å²) < 4.78 is 5.34. The first-order chi connectivity index (χ1) is 9.53. The van der Waals surface area contributed by atoms with Crippen LogP contribution in [0.3, 0.4) is 0 Å². The van der Waals surface area contributed by atoms with Crippen molar-refractivity contribution in [3.63, 3.8) is 0 Å². The molecule has 1 aromatic rings. The van der Waals surface area contributed by atoms with E-state index in [1.807, 2.05) is 12.1 Å². The zero-order chi connectivity index (χ0) is 14.8. The van der Waals surface area contributed by atoms with Gasteiger partial charge in [0.2, 0.25) is 0 Å². The van der Waals surface area contributed by atoms with E-state index in [0.29, 0.717) is 12.5 Å². The molecular formula is C17H28N2O. The van der Waals surface area contributed by atoms with E-state index in [1.54, 1.807) is 7.11 Å². The summed E-state index contributed by atoms with van der Waals surface area (Å²) in [5.41, 5.74) is 7.47. The van der Waals surface area contributed by atoms with Crippen molar-refractivity contribution in [2.45, 2.75) is 38.6 Å². The van der Waals surface area contributed by atoms with Crippen molar-refractivity contribution in [2.24, 2.45) is 17.6 Å². The van der Waals surface area contributed by atoms with Crippen LogP contribution in [-0.2, 0) is 0 Å². The quantitative estimate of drug-likeness (QED) is 0.917. The molecule has 3 nitrogen and oxygen atoms in total. The largest absolute Gasteiger partial charge is 0.497 e. The normalized spacial score (nSPS) is 30.1. The predicted molar refractivity (Wildman–Crippen MR) is 85.4 cm³/mol. The Labute approximate surface area is 123 Å². The number of anilines is 1. The van der Waals surface area contributed by atoms with Crippen LogP contribution in [-0.4, -0.2) is 26.2 Å². The Balaban J connectivity index is 2.30. The molecule has 0 amide bonds. The zero-order valence-corrected chi connectivity index (χ0v) is 13.2. The second kappa shape index (κ2) is 6.04. The summed E-state index contributed by atoms with van der Waals surface area (Å²) in [5.74, 6) is 2.31. The predicted octanol–water partition coefficient (Wildman–Crippen LogP) is 3.29. The Morgan fingerprint density at radius 1 is 1.40 bits per heavy atom. The molecule has 1 fully saturated rings. The molecular weight excluding hydrogens is 248 g/mol. The SMILES string of the molecule is COc1cccc(N(C)C2(CN)CCC(C)CC2C)c1. The molecule has 2 rings (SSSR count). The molecule has 0 aromatic heterocycles. The monoisotopic (exact) mass is 276 g/mol. The van der Waals surface area contributed by atoms with Gasteiger partial charge < -0.3 is 15.4 Å². The van der Waals surface area contributed by atoms with Gasteiger partial charge in [0.15, 0.2) is 0 Å². The van der Waals surface area contributed by atoms with Crippen LogP contribution in [0, 0.1) is 11.8 Å². The summed E-state index contributed by atoms with van der Waals surface area (Å²) in [6, 6.07) is 8.27. The maximum absolute atomic E-state index is 6.21. The maximum atomic E-state index is 6.21. The van der Waals surface area contributed by atoms with Crippen molar-refractivity contribution in [3.05, 3.63) is 24.3 Å². The van der Waals surface area contributed by atoms with Crippen LogP contribution >= 0.6 is 0 Å². The molecule has 3 unspecified atom stereocenters. The molecule has 1 aromatic carbocycles. The Hall–Kier alpha value is -1.22. The van der Waals surface area contributed by atoms with E-state index in [4.69, 9.17) is 10.5 Å². The highest BCUT2D eigenvalue weighted by Crippen LogP contribution is 2.41. The number of hydrogen-bond acceptors (Lipinski definition) is 3. The number of benzene rings is 1. The fourth-order valence-corrected chi connectivity index (χ4v) is 3.70. The van der Waals surface area contributed by atoms with Gasteiger partial charge in [0.05, 0.1) is 12.6 Å². The van der Waals surface area contributed by atoms with Crippen molar-refractivity contribution in [3.8, 4) is 5.75 Å². The molecule has 0 radical (unpaired) electrons. The van der Waals surface area contributed by atoms with Gasteiger partial charge in [0.1, 0.15) is 5.75 Å². The van der Waals surface area contributed by atoms with Crippen LogP contribution in [0.25, 0.3) is 0 Å². The van der Waals surface area contributed by atoms with Crippen LogP contribution in [0.15, 0.2) is 24.3 Å². The van der Waals surface area contributed by atoms with Crippen LogP contribution < -0.4 is 15.4 Å². The van der Waals surface area contributed by atoms with E-state index < -0.39 is 0 Å². The third-order valence-electron chi connectivity index (χ3n) is 5.21. The van der Waals surface area contributed by atoms with Crippen LogP contribution in [0.2, 0.25) is 0 Å². The van der Waals surface area contributed by atoms with Gasteiger partial charge in [-0.3, -0.25) is 0 Å². The Bertz CT molecular complexity index is 448. The minimum absolute atomic E-state index is 0.0683. The molecule has 0 saturated heterocycles. The number of hydrogen-bond donors (Lipinski definition) is 1. The molecule has 0 spiro atoms. The van der Waals surface area contributed by atoms with E-state index >= 15 is 0 Å². The highest BCUT2D eigenvalue weighted by Gasteiger charge is 2.42. The van der Waals surface area contributed by atoms with Gasteiger partial charge >= 0.3 is 0 Å². The van der Waals surface area contributed by atoms with Crippen LogP contribution in [0.5, 0.6) is 5.75 Å². The summed E-state index contributed by atoms with van der Waals surface area (Å²) in [5, 5.41) is 0. The molecule has 3 heteroatoms. The summed E-state index contributed by atoms with van der Waals surface area (Å²) >= 11 is 0. The first-order valence-electron chi connectivity index (χ1n) is 7.61. The second-order valence-electron chi connectivity index (χ2n) is 6.35. The van der Waals surface area contributed by atoms with Crippen molar-refractivity contribution >= 4 is 5.69 Å². The van der Waals surface area contributed by atoms with Gasteiger partial charge in [-0.25, -0.2) is 0 Å². The van der Waals surface area contributed by atoms with Crippen molar-refractivity contribution in [1.29, 1.82) is 0 Å². The lowest BCUT2D eigenvalue weighted by atomic mass is 9.69. The molecule has 1 saturated carbocycles. The summed E-state index contributed by atoms with van der Waals surface area (Å²) in [6.45, 7) is 5.40. The van der Waals surface area contributed by atoms with E-state index in [2.05, 4.69) is 37.9 Å². The Kier molecular flexibility index (Phi) is 4.59. The van der Waals surface area contributed by atoms with E-state index in [1.165, 1.54) is 24.9 Å². The molecule has 0 heterocycles. The topological polar surface area (TPSA) is 38.5 Å². The maximum Gasteiger partial charge on any atom is 0.120 e. The van der Waals surface area contributed by atoms with Crippen molar-refractivity contribution in [2.75, 3.05) is 25.6 Å². The fourth-order valence-electron chi connectivity index (χ4n) is 3.70. The number of nitrogens with zero attached hydrogens (tertiary/aromatic N) is 1. The molecule has 3 atom stereocenters. The lowest BCUT2D eigenvalue weighted by Crippen LogP contribution is -2.59. The van der Waals surface area contributed by atoms with E-state index in [-0.39, 0.29) is 5.54 Å². The summed E-state index contributed by atoms with van der Waals surface area (Å²) in [7, 11) is 3.89. The molecule has 2 N–H and O–H groups in total. The zero-order valence-electron chi connectivity index (χ0n) is 13.2. The van der Waals surface area contributed by atoms with Gasteiger partial charge in [0.25, 0.3) is 0 Å². The second-order valence-corrected chi connectivity index (χ2v) is 6.35. The van der Waals surface area contributed by atoms with Crippen LogP contribution in [0.4, 0.5) is 5.69 Å². The fraction of sp³-hybridized carbons (Fsp3) is 0.647. The first-order valence-corrected chi connectivity index (χ1v) is 7.61. The Morgan fingerprint density at radius 2 is 2.15 bits per heavy atom. The number of rotatable bonds is 4. The lowest BCUT2D eigenvalue weighted by molar-refractivity contribution is 0.164. The molecule has 112 valence electrons. The average molecular weight is 276 g/mol. The number of methoxy groups -OCH3 is 1. The highest BCUT2D eigenvalue weighted by atomic mass is 16.5. The van der Waals surface area contributed by atoms with Gasteiger partial charge in [-0.1, -0.05) is 19.9 Å². The van der Waals surface area contributed by atoms with E-state index in [0.717, 1.165) is 11.7 Å². The average Bonchev–Trinajstić information content (AvgIpc) is 2.47. The molecule has 1 aliphatic rings. The van der Waals surface area contributed by atoms with E-state index in [9.17, 15) is 0 Å². The lowest BCUT2D eigenvalue weighted by Gasteiger charge is -2.51. The summed E-state index contributed by atoms with van der Waals surface area (Å²) in [4.78, 5) is 2.38.